The molecule has 0 radical (unpaired) electrons. The Balaban J connectivity index is 2.40. The van der Waals surface area contributed by atoms with E-state index in [1.807, 2.05) is 10.9 Å². The van der Waals surface area contributed by atoms with Crippen LogP contribution in [0.25, 0.3) is 0 Å². The predicted octanol–water partition coefficient (Wildman–Crippen LogP) is 1.20. The van der Waals surface area contributed by atoms with Crippen molar-refractivity contribution in [3.05, 3.63) is 11.9 Å². The van der Waals surface area contributed by atoms with Crippen molar-refractivity contribution in [3.63, 3.8) is 0 Å². The van der Waals surface area contributed by atoms with E-state index in [0.29, 0.717) is 0 Å². The van der Waals surface area contributed by atoms with Crippen LogP contribution in [-0.2, 0) is 17.8 Å². The molecule has 0 aliphatic heterocycles. The number of nitrogens with zero attached hydrogens (tertiary/aromatic N) is 3. The number of aryl methyl sites for hydroxylation is 1. The van der Waals surface area contributed by atoms with Gasteiger partial charge in [-0.15, -0.1) is 5.10 Å². The first-order valence-electron chi connectivity index (χ1n) is 5.72. The first-order chi connectivity index (χ1) is 7.57. The molecule has 0 bridgehead atoms. The van der Waals surface area contributed by atoms with Crippen LogP contribution in [0.5, 0.6) is 0 Å². The van der Waals surface area contributed by atoms with Crippen molar-refractivity contribution < 1.29 is 4.74 Å². The van der Waals surface area contributed by atoms with Crippen LogP contribution in [0.2, 0.25) is 0 Å². The van der Waals surface area contributed by atoms with E-state index in [4.69, 9.17) is 4.74 Å². The first kappa shape index (κ1) is 13.1. The molecule has 16 heavy (non-hydrogen) atoms. The van der Waals surface area contributed by atoms with Crippen LogP contribution in [0, 0.1) is 0 Å². The lowest BCUT2D eigenvalue weighted by Crippen LogP contribution is -2.24. The van der Waals surface area contributed by atoms with E-state index in [0.717, 1.165) is 31.7 Å². The summed E-state index contributed by atoms with van der Waals surface area (Å²) in [6.07, 6.45) is 2.90. The Kier molecular flexibility index (Phi) is 4.89. The Hall–Kier alpha value is -0.940. The normalized spacial score (nSPS) is 12.0. The number of rotatable bonds is 7. The number of nitrogens with one attached hydrogen (secondary N) is 1. The highest BCUT2D eigenvalue weighted by molar-refractivity contribution is 4.91. The second-order valence-electron chi connectivity index (χ2n) is 4.47. The minimum Gasteiger partial charge on any atom is -0.379 e. The van der Waals surface area contributed by atoms with Gasteiger partial charge in [0.25, 0.3) is 0 Å². The van der Waals surface area contributed by atoms with Gasteiger partial charge in [0.1, 0.15) is 0 Å². The Morgan fingerprint density at radius 2 is 2.25 bits per heavy atom. The van der Waals surface area contributed by atoms with E-state index in [-0.39, 0.29) is 5.60 Å². The van der Waals surface area contributed by atoms with E-state index < -0.39 is 0 Å². The summed E-state index contributed by atoms with van der Waals surface area (Å²) >= 11 is 0. The molecule has 0 saturated heterocycles. The number of aromatic nitrogens is 3. The molecule has 0 spiro atoms. The van der Waals surface area contributed by atoms with Gasteiger partial charge < -0.3 is 10.1 Å². The smallest absolute Gasteiger partial charge is 0.0964 e. The van der Waals surface area contributed by atoms with Gasteiger partial charge in [0.2, 0.25) is 0 Å². The molecule has 1 rings (SSSR count). The predicted molar refractivity (Wildman–Crippen MR) is 63.1 cm³/mol. The van der Waals surface area contributed by atoms with Crippen LogP contribution >= 0.6 is 0 Å². The maximum atomic E-state index is 5.36. The summed E-state index contributed by atoms with van der Waals surface area (Å²) in [6.45, 7) is 8.78. The number of hydrogen-bond acceptors (Lipinski definition) is 4. The zero-order valence-electron chi connectivity index (χ0n) is 10.7. The molecule has 0 fully saturated rings. The van der Waals surface area contributed by atoms with E-state index in [1.54, 1.807) is 7.11 Å². The highest BCUT2D eigenvalue weighted by atomic mass is 16.5. The summed E-state index contributed by atoms with van der Waals surface area (Å²) in [4.78, 5) is 0. The lowest BCUT2D eigenvalue weighted by atomic mass is 10.1. The van der Waals surface area contributed by atoms with Crippen LogP contribution in [0.3, 0.4) is 0 Å². The van der Waals surface area contributed by atoms with Crippen molar-refractivity contribution in [2.24, 2.45) is 0 Å². The van der Waals surface area contributed by atoms with E-state index in [2.05, 4.69) is 36.4 Å². The summed E-state index contributed by atoms with van der Waals surface area (Å²) < 4.78 is 7.23. The van der Waals surface area contributed by atoms with Crippen molar-refractivity contribution in [2.45, 2.75) is 45.9 Å². The third-order valence-electron chi connectivity index (χ3n) is 2.64. The summed E-state index contributed by atoms with van der Waals surface area (Å²) in [5, 5.41) is 11.4. The maximum absolute atomic E-state index is 5.36. The molecule has 5 nitrogen and oxygen atoms in total. The Morgan fingerprint density at radius 3 is 2.88 bits per heavy atom. The largest absolute Gasteiger partial charge is 0.379 e. The quantitative estimate of drug-likeness (QED) is 0.759. The summed E-state index contributed by atoms with van der Waals surface area (Å²) in [6, 6.07) is 0. The van der Waals surface area contributed by atoms with Crippen molar-refractivity contribution in [1.82, 2.24) is 20.3 Å². The monoisotopic (exact) mass is 226 g/mol. The molecule has 5 heteroatoms. The average molecular weight is 226 g/mol. The third-order valence-corrected chi connectivity index (χ3v) is 2.64. The zero-order valence-corrected chi connectivity index (χ0v) is 10.7. The molecule has 1 aromatic heterocycles. The van der Waals surface area contributed by atoms with Crippen LogP contribution in [0.1, 0.15) is 32.9 Å². The highest BCUT2D eigenvalue weighted by Crippen LogP contribution is 2.13. The molecule has 0 aromatic carbocycles. The lowest BCUT2D eigenvalue weighted by Gasteiger charge is -2.22. The van der Waals surface area contributed by atoms with Crippen LogP contribution in [0.4, 0.5) is 0 Å². The summed E-state index contributed by atoms with van der Waals surface area (Å²) in [5.74, 6) is 0. The van der Waals surface area contributed by atoms with Crippen molar-refractivity contribution in [2.75, 3.05) is 13.7 Å². The van der Waals surface area contributed by atoms with Crippen molar-refractivity contribution in [1.29, 1.82) is 0 Å². The fourth-order valence-corrected chi connectivity index (χ4v) is 1.27. The van der Waals surface area contributed by atoms with Gasteiger partial charge in [0, 0.05) is 26.4 Å². The van der Waals surface area contributed by atoms with E-state index in [1.165, 1.54) is 0 Å². The molecule has 1 N–H and O–H groups in total. The van der Waals surface area contributed by atoms with Crippen molar-refractivity contribution in [3.8, 4) is 0 Å². The van der Waals surface area contributed by atoms with Gasteiger partial charge in [-0.25, -0.2) is 0 Å². The van der Waals surface area contributed by atoms with Gasteiger partial charge in [-0.05, 0) is 26.8 Å². The second-order valence-corrected chi connectivity index (χ2v) is 4.47. The number of methoxy groups -OCH3 is 1. The number of hydrogen-bond donors (Lipinski definition) is 1. The molecule has 92 valence electrons. The maximum Gasteiger partial charge on any atom is 0.0964 e. The first-order valence-corrected chi connectivity index (χ1v) is 5.72. The molecule has 0 saturated carbocycles. The van der Waals surface area contributed by atoms with Gasteiger partial charge in [-0.2, -0.15) is 0 Å². The van der Waals surface area contributed by atoms with Gasteiger partial charge in [0.15, 0.2) is 0 Å². The van der Waals surface area contributed by atoms with Gasteiger partial charge in [-0.3, -0.25) is 4.68 Å². The van der Waals surface area contributed by atoms with Crippen LogP contribution < -0.4 is 5.32 Å². The zero-order chi connectivity index (χ0) is 12.0. The Morgan fingerprint density at radius 1 is 1.50 bits per heavy atom. The fourth-order valence-electron chi connectivity index (χ4n) is 1.27. The lowest BCUT2D eigenvalue weighted by molar-refractivity contribution is 0.0112. The SMILES string of the molecule is CCNCc1cn(CCC(C)(C)OC)nn1. The summed E-state index contributed by atoms with van der Waals surface area (Å²) in [7, 11) is 1.73. The molecule has 1 aromatic rings. The molecule has 0 amide bonds. The van der Waals surface area contributed by atoms with Crippen LogP contribution in [0.15, 0.2) is 6.20 Å². The standard InChI is InChI=1S/C11H22N4O/c1-5-12-8-10-9-15(14-13-10)7-6-11(2,3)16-4/h9,12H,5-8H2,1-4H3. The van der Waals surface area contributed by atoms with Crippen LogP contribution in [-0.4, -0.2) is 34.2 Å². The van der Waals surface area contributed by atoms with E-state index in [9.17, 15) is 0 Å². The summed E-state index contributed by atoms with van der Waals surface area (Å²) in [5.41, 5.74) is 0.880. The van der Waals surface area contributed by atoms with Crippen molar-refractivity contribution >= 4 is 0 Å². The minimum atomic E-state index is -0.103. The molecular formula is C11H22N4O. The van der Waals surface area contributed by atoms with Gasteiger partial charge in [-0.1, -0.05) is 12.1 Å². The Labute approximate surface area is 97.2 Å². The fraction of sp³-hybridized carbons (Fsp3) is 0.818. The highest BCUT2D eigenvalue weighted by Gasteiger charge is 2.16. The number of ether oxygens (including phenoxy) is 1. The topological polar surface area (TPSA) is 52.0 Å². The van der Waals surface area contributed by atoms with Gasteiger partial charge >= 0.3 is 0 Å². The van der Waals surface area contributed by atoms with Gasteiger partial charge in [0.05, 0.1) is 11.3 Å². The average Bonchev–Trinajstić information content (AvgIpc) is 2.72. The molecule has 0 aliphatic rings. The third kappa shape index (κ3) is 4.28. The Bertz CT molecular complexity index is 309. The molecular weight excluding hydrogens is 204 g/mol. The molecule has 0 unspecified atom stereocenters. The van der Waals surface area contributed by atoms with E-state index >= 15 is 0 Å². The minimum absolute atomic E-state index is 0.103. The molecule has 0 aliphatic carbocycles. The molecule has 0 atom stereocenters. The second kappa shape index (κ2) is 5.96. The molecule has 1 heterocycles.